The molecule has 0 spiro atoms. The fourth-order valence-corrected chi connectivity index (χ4v) is 1.93. The quantitative estimate of drug-likeness (QED) is 0.822. The molecule has 1 aromatic carbocycles. The molecule has 0 heterocycles. The first-order valence-corrected chi connectivity index (χ1v) is 6.42. The standard InChI is InChI=1S/C13H15F3N2OS/c1-2-8(7-11(17)20)18-12(19)9-5-3-4-6-10(9)13(14,15)16/h3-6,8H,2,7H2,1H3,(H2,17,20)(H,18,19). The molecule has 1 atom stereocenters. The normalized spacial score (nSPS) is 12.8. The Morgan fingerprint density at radius 1 is 1.40 bits per heavy atom. The smallest absolute Gasteiger partial charge is 0.393 e. The van der Waals surface area contributed by atoms with Crippen molar-refractivity contribution in [2.45, 2.75) is 32.0 Å². The third-order valence-electron chi connectivity index (χ3n) is 2.75. The molecule has 0 saturated carbocycles. The first-order chi connectivity index (χ1) is 9.25. The number of nitrogens with one attached hydrogen (secondary N) is 1. The SMILES string of the molecule is CCC(CC(N)=S)NC(=O)c1ccccc1C(F)(F)F. The lowest BCUT2D eigenvalue weighted by Gasteiger charge is -2.18. The third-order valence-corrected chi connectivity index (χ3v) is 2.92. The van der Waals surface area contributed by atoms with Gasteiger partial charge in [-0.05, 0) is 18.6 Å². The molecule has 0 aromatic heterocycles. The van der Waals surface area contributed by atoms with Crippen molar-refractivity contribution in [3.63, 3.8) is 0 Å². The first kappa shape index (κ1) is 16.4. The summed E-state index contributed by atoms with van der Waals surface area (Å²) in [4.78, 5) is 12.2. The van der Waals surface area contributed by atoms with Crippen molar-refractivity contribution >= 4 is 23.1 Å². The Bertz CT molecular complexity index is 503. The number of hydrogen-bond acceptors (Lipinski definition) is 2. The van der Waals surface area contributed by atoms with Crippen LogP contribution >= 0.6 is 12.2 Å². The van der Waals surface area contributed by atoms with Crippen LogP contribution in [0.2, 0.25) is 0 Å². The van der Waals surface area contributed by atoms with Gasteiger partial charge in [-0.15, -0.1) is 0 Å². The summed E-state index contributed by atoms with van der Waals surface area (Å²) >= 11 is 4.74. The minimum absolute atomic E-state index is 0.209. The number of carbonyl (C=O) groups excluding carboxylic acids is 1. The molecule has 1 amide bonds. The van der Waals surface area contributed by atoms with Crippen LogP contribution in [0.25, 0.3) is 0 Å². The maximum Gasteiger partial charge on any atom is 0.417 e. The van der Waals surface area contributed by atoms with Crippen LogP contribution < -0.4 is 11.1 Å². The molecule has 1 aromatic rings. The first-order valence-electron chi connectivity index (χ1n) is 6.01. The number of amides is 1. The van der Waals surface area contributed by atoms with Crippen molar-refractivity contribution in [2.24, 2.45) is 5.73 Å². The molecule has 0 aliphatic rings. The van der Waals surface area contributed by atoms with Gasteiger partial charge in [-0.3, -0.25) is 4.79 Å². The second kappa shape index (κ2) is 6.69. The molecule has 0 aliphatic carbocycles. The van der Waals surface area contributed by atoms with E-state index in [0.29, 0.717) is 6.42 Å². The molecular formula is C13H15F3N2OS. The molecule has 1 rings (SSSR count). The van der Waals surface area contributed by atoms with E-state index in [1.165, 1.54) is 12.1 Å². The highest BCUT2D eigenvalue weighted by atomic mass is 32.1. The van der Waals surface area contributed by atoms with Crippen LogP contribution in [0, 0.1) is 0 Å². The summed E-state index contributed by atoms with van der Waals surface area (Å²) in [5.74, 6) is -0.777. The zero-order valence-electron chi connectivity index (χ0n) is 10.8. The lowest BCUT2D eigenvalue weighted by atomic mass is 10.0. The fourth-order valence-electron chi connectivity index (χ4n) is 1.73. The van der Waals surface area contributed by atoms with Gasteiger partial charge in [-0.25, -0.2) is 0 Å². The number of carbonyl (C=O) groups is 1. The maximum atomic E-state index is 12.8. The average molecular weight is 304 g/mol. The number of thiocarbonyl (C=S) groups is 1. The summed E-state index contributed by atoms with van der Waals surface area (Å²) in [7, 11) is 0. The van der Waals surface area contributed by atoms with Gasteiger partial charge in [0.25, 0.3) is 5.91 Å². The van der Waals surface area contributed by atoms with Gasteiger partial charge < -0.3 is 11.1 Å². The van der Waals surface area contributed by atoms with Crippen LogP contribution in [0.3, 0.4) is 0 Å². The number of hydrogen-bond donors (Lipinski definition) is 2. The summed E-state index contributed by atoms with van der Waals surface area (Å²) in [6.45, 7) is 1.79. The molecular weight excluding hydrogens is 289 g/mol. The zero-order chi connectivity index (χ0) is 15.3. The molecule has 0 saturated heterocycles. The summed E-state index contributed by atoms with van der Waals surface area (Å²) in [5, 5.41) is 2.52. The molecule has 0 aliphatic heterocycles. The van der Waals surface area contributed by atoms with Gasteiger partial charge in [0.2, 0.25) is 0 Å². The predicted molar refractivity (Wildman–Crippen MR) is 74.4 cm³/mol. The van der Waals surface area contributed by atoms with E-state index < -0.39 is 23.2 Å². The Balaban J connectivity index is 2.95. The number of alkyl halides is 3. The largest absolute Gasteiger partial charge is 0.417 e. The lowest BCUT2D eigenvalue weighted by molar-refractivity contribution is -0.137. The van der Waals surface area contributed by atoms with E-state index in [1.54, 1.807) is 6.92 Å². The molecule has 7 heteroatoms. The highest BCUT2D eigenvalue weighted by molar-refractivity contribution is 7.80. The molecule has 3 N–H and O–H groups in total. The summed E-state index contributed by atoms with van der Waals surface area (Å²) in [5.41, 5.74) is 4.03. The van der Waals surface area contributed by atoms with Crippen molar-refractivity contribution in [3.05, 3.63) is 35.4 Å². The van der Waals surface area contributed by atoms with E-state index >= 15 is 0 Å². The molecule has 110 valence electrons. The van der Waals surface area contributed by atoms with Crippen molar-refractivity contribution in [1.29, 1.82) is 0 Å². The highest BCUT2D eigenvalue weighted by Crippen LogP contribution is 2.31. The van der Waals surface area contributed by atoms with Gasteiger partial charge in [0.05, 0.1) is 16.1 Å². The Labute approximate surface area is 120 Å². The van der Waals surface area contributed by atoms with Crippen LogP contribution in [0.1, 0.15) is 35.7 Å². The minimum Gasteiger partial charge on any atom is -0.393 e. The van der Waals surface area contributed by atoms with E-state index in [0.717, 1.165) is 12.1 Å². The van der Waals surface area contributed by atoms with Crippen LogP contribution in [-0.2, 0) is 6.18 Å². The van der Waals surface area contributed by atoms with Crippen molar-refractivity contribution < 1.29 is 18.0 Å². The van der Waals surface area contributed by atoms with E-state index in [-0.39, 0.29) is 17.5 Å². The highest BCUT2D eigenvalue weighted by Gasteiger charge is 2.35. The molecule has 1 unspecified atom stereocenters. The molecule has 0 bridgehead atoms. The Kier molecular flexibility index (Phi) is 5.50. The summed E-state index contributed by atoms with van der Waals surface area (Å²) < 4.78 is 38.5. The van der Waals surface area contributed by atoms with E-state index in [4.69, 9.17) is 18.0 Å². The molecule has 0 radical (unpaired) electrons. The van der Waals surface area contributed by atoms with Crippen molar-refractivity contribution in [3.8, 4) is 0 Å². The molecule has 20 heavy (non-hydrogen) atoms. The number of benzene rings is 1. The molecule has 0 fully saturated rings. The van der Waals surface area contributed by atoms with Gasteiger partial charge in [-0.2, -0.15) is 13.2 Å². The third kappa shape index (κ3) is 4.48. The van der Waals surface area contributed by atoms with Crippen molar-refractivity contribution in [2.75, 3.05) is 0 Å². The van der Waals surface area contributed by atoms with Crippen LogP contribution in [0.4, 0.5) is 13.2 Å². The van der Waals surface area contributed by atoms with Crippen LogP contribution in [0.5, 0.6) is 0 Å². The summed E-state index contributed by atoms with van der Waals surface area (Å²) in [6.07, 6.45) is -3.79. The Morgan fingerprint density at radius 3 is 2.50 bits per heavy atom. The predicted octanol–water partition coefficient (Wildman–Crippen LogP) is 2.89. The van der Waals surface area contributed by atoms with Crippen LogP contribution in [0.15, 0.2) is 24.3 Å². The second-order valence-corrected chi connectivity index (χ2v) is 4.82. The average Bonchev–Trinajstić information content (AvgIpc) is 2.36. The monoisotopic (exact) mass is 304 g/mol. The van der Waals surface area contributed by atoms with Gasteiger partial charge in [0.15, 0.2) is 0 Å². The number of nitrogens with two attached hydrogens (primary N) is 1. The zero-order valence-corrected chi connectivity index (χ0v) is 11.6. The second-order valence-electron chi connectivity index (χ2n) is 4.29. The van der Waals surface area contributed by atoms with E-state index in [2.05, 4.69) is 5.32 Å². The van der Waals surface area contributed by atoms with Gasteiger partial charge in [-0.1, -0.05) is 31.3 Å². The number of rotatable bonds is 5. The van der Waals surface area contributed by atoms with Crippen LogP contribution in [-0.4, -0.2) is 16.9 Å². The fraction of sp³-hybridized carbons (Fsp3) is 0.385. The van der Waals surface area contributed by atoms with Crippen molar-refractivity contribution in [1.82, 2.24) is 5.32 Å². The van der Waals surface area contributed by atoms with Gasteiger partial charge >= 0.3 is 6.18 Å². The molecule has 3 nitrogen and oxygen atoms in total. The Hall–Kier alpha value is -1.63. The van der Waals surface area contributed by atoms with E-state index in [1.807, 2.05) is 0 Å². The minimum atomic E-state index is -4.57. The lowest BCUT2D eigenvalue weighted by Crippen LogP contribution is -2.37. The van der Waals surface area contributed by atoms with Gasteiger partial charge in [0, 0.05) is 12.5 Å². The summed E-state index contributed by atoms with van der Waals surface area (Å²) in [6, 6.07) is 4.28. The maximum absolute atomic E-state index is 12.8. The van der Waals surface area contributed by atoms with Gasteiger partial charge in [0.1, 0.15) is 0 Å². The van der Waals surface area contributed by atoms with E-state index in [9.17, 15) is 18.0 Å². The topological polar surface area (TPSA) is 55.1 Å². The Morgan fingerprint density at radius 2 is 2.00 bits per heavy atom. The number of halogens is 3.